The first-order valence-corrected chi connectivity index (χ1v) is 12.6. The maximum absolute atomic E-state index is 13.1. The first kappa shape index (κ1) is 28.4. The number of hydrogen-bond acceptors (Lipinski definition) is 8. The summed E-state index contributed by atoms with van der Waals surface area (Å²) < 4.78 is 21.0. The molecule has 0 aromatic heterocycles. The third-order valence-electron chi connectivity index (χ3n) is 6.09. The Hall–Kier alpha value is -4.66. The zero-order valence-corrected chi connectivity index (χ0v) is 21.8. The van der Waals surface area contributed by atoms with Crippen molar-refractivity contribution >= 4 is 33.5 Å². The summed E-state index contributed by atoms with van der Waals surface area (Å²) in [5.41, 5.74) is 1.88. The van der Waals surface area contributed by atoms with E-state index in [9.17, 15) is 19.8 Å². The van der Waals surface area contributed by atoms with Gasteiger partial charge in [-0.2, -0.15) is 0 Å². The van der Waals surface area contributed by atoms with E-state index in [0.29, 0.717) is 16.9 Å². The van der Waals surface area contributed by atoms with Crippen molar-refractivity contribution in [3.05, 3.63) is 104 Å². The maximum Gasteiger partial charge on any atom is 0.338 e. The van der Waals surface area contributed by atoms with Crippen molar-refractivity contribution in [2.75, 3.05) is 26.4 Å². The van der Waals surface area contributed by atoms with E-state index >= 15 is 0 Å². The minimum atomic E-state index is -1.01. The predicted molar refractivity (Wildman–Crippen MR) is 152 cm³/mol. The highest BCUT2D eigenvalue weighted by molar-refractivity contribution is 6.15. The molecule has 0 amide bonds. The molecule has 0 fully saturated rings. The Bertz CT molecular complexity index is 1530. The van der Waals surface area contributed by atoms with Gasteiger partial charge in [0.2, 0.25) is 0 Å². The Labute approximate surface area is 231 Å². The van der Waals surface area contributed by atoms with Gasteiger partial charge in [-0.15, -0.1) is 0 Å². The van der Waals surface area contributed by atoms with Crippen LogP contribution in [0.3, 0.4) is 0 Å². The monoisotopic (exact) mass is 542 g/mol. The van der Waals surface area contributed by atoms with Crippen molar-refractivity contribution in [3.63, 3.8) is 0 Å². The van der Waals surface area contributed by atoms with E-state index in [2.05, 4.69) is 13.2 Å². The molecule has 0 saturated carbocycles. The number of aliphatic hydroxyl groups excluding tert-OH is 2. The molecule has 206 valence electrons. The average molecular weight is 543 g/mol. The van der Waals surface area contributed by atoms with Crippen molar-refractivity contribution in [2.45, 2.75) is 12.2 Å². The zero-order valence-electron chi connectivity index (χ0n) is 21.8. The molecule has 0 aliphatic carbocycles. The molecule has 0 saturated heterocycles. The molecule has 2 unspecified atom stereocenters. The van der Waals surface area contributed by atoms with Crippen LogP contribution in [0.5, 0.6) is 5.75 Å². The number of ether oxygens (including phenoxy) is 4. The number of carbonyl (C=O) groups is 2. The highest BCUT2D eigenvalue weighted by Crippen LogP contribution is 2.39. The first-order valence-electron chi connectivity index (χ1n) is 12.6. The summed E-state index contributed by atoms with van der Waals surface area (Å²) in [6.45, 7) is 6.21. The van der Waals surface area contributed by atoms with E-state index in [-0.39, 0.29) is 26.4 Å². The largest absolute Gasteiger partial charge is 0.499 e. The number of fused-ring (bicyclic) bond motifs is 2. The molecule has 0 spiro atoms. The Morgan fingerprint density at radius 3 is 2.27 bits per heavy atom. The van der Waals surface area contributed by atoms with Gasteiger partial charge in [0.05, 0.1) is 11.8 Å². The predicted octanol–water partition coefficient (Wildman–Crippen LogP) is 4.81. The van der Waals surface area contributed by atoms with Gasteiger partial charge in [0, 0.05) is 6.08 Å². The quantitative estimate of drug-likeness (QED) is 0.107. The van der Waals surface area contributed by atoms with Crippen LogP contribution in [0.4, 0.5) is 0 Å². The van der Waals surface area contributed by atoms with Gasteiger partial charge < -0.3 is 29.2 Å². The van der Waals surface area contributed by atoms with Crippen molar-refractivity contribution in [3.8, 4) is 16.9 Å². The van der Waals surface area contributed by atoms with Crippen molar-refractivity contribution < 1.29 is 38.7 Å². The summed E-state index contributed by atoms with van der Waals surface area (Å²) >= 11 is 0. The second kappa shape index (κ2) is 13.4. The highest BCUT2D eigenvalue weighted by atomic mass is 16.6. The van der Waals surface area contributed by atoms with Crippen molar-refractivity contribution in [2.24, 2.45) is 0 Å². The number of esters is 2. The highest BCUT2D eigenvalue weighted by Gasteiger charge is 2.20. The summed E-state index contributed by atoms with van der Waals surface area (Å²) in [5.74, 6) is -0.669. The van der Waals surface area contributed by atoms with Crippen molar-refractivity contribution in [1.82, 2.24) is 0 Å². The molecule has 0 aliphatic rings. The van der Waals surface area contributed by atoms with E-state index in [1.165, 1.54) is 6.26 Å². The maximum atomic E-state index is 13.1. The van der Waals surface area contributed by atoms with Gasteiger partial charge in [0.1, 0.15) is 44.4 Å². The molecule has 4 aromatic carbocycles. The molecular formula is C32H30O8. The van der Waals surface area contributed by atoms with E-state index in [1.807, 2.05) is 54.6 Å². The van der Waals surface area contributed by atoms with E-state index in [0.717, 1.165) is 33.2 Å². The second-order valence-corrected chi connectivity index (χ2v) is 8.95. The molecule has 8 heteroatoms. The molecule has 8 nitrogen and oxygen atoms in total. The second-order valence-electron chi connectivity index (χ2n) is 8.95. The van der Waals surface area contributed by atoms with Crippen molar-refractivity contribution in [1.29, 1.82) is 0 Å². The van der Waals surface area contributed by atoms with Crippen LogP contribution in [-0.4, -0.2) is 60.8 Å². The topological polar surface area (TPSA) is 112 Å². The van der Waals surface area contributed by atoms with Crippen LogP contribution in [0.1, 0.15) is 10.4 Å². The Balaban J connectivity index is 1.67. The molecule has 0 heterocycles. The lowest BCUT2D eigenvalue weighted by Crippen LogP contribution is -2.24. The van der Waals surface area contributed by atoms with Gasteiger partial charge >= 0.3 is 11.9 Å². The fraction of sp³-hybridized carbons (Fsp3) is 0.188. The summed E-state index contributed by atoms with van der Waals surface area (Å²) in [6, 6.07) is 22.6. The fourth-order valence-corrected chi connectivity index (χ4v) is 4.26. The average Bonchev–Trinajstić information content (AvgIpc) is 2.98. The molecule has 0 aliphatic heterocycles. The molecule has 4 rings (SSSR count). The molecule has 0 radical (unpaired) electrons. The number of aliphatic hydroxyl groups is 2. The van der Waals surface area contributed by atoms with E-state index < -0.39 is 24.1 Å². The molecular weight excluding hydrogens is 512 g/mol. The Kier molecular flexibility index (Phi) is 9.51. The standard InChI is InChI=1S/C32H30O8/c1-3-30(35)39-19-24(34)18-38-25-13-14-27-22(16-25)15-21-9-5-6-10-26(21)31(27)28-11-7-8-12-29(28)32(36)40-20-23(33)17-37-4-2/h3-16,23-24,33-34H,1-2,17-20H2. The summed E-state index contributed by atoms with van der Waals surface area (Å²) in [4.78, 5) is 24.4. The van der Waals surface area contributed by atoms with Gasteiger partial charge in [-0.3, -0.25) is 0 Å². The minimum absolute atomic E-state index is 0.0339. The smallest absolute Gasteiger partial charge is 0.338 e. The zero-order chi connectivity index (χ0) is 28.5. The summed E-state index contributed by atoms with van der Waals surface area (Å²) in [5, 5.41) is 23.8. The normalized spacial score (nSPS) is 12.3. The Morgan fingerprint density at radius 1 is 0.775 bits per heavy atom. The van der Waals surface area contributed by atoms with Crippen LogP contribution in [0.25, 0.3) is 32.7 Å². The van der Waals surface area contributed by atoms with E-state index in [1.54, 1.807) is 18.2 Å². The molecule has 2 atom stereocenters. The van der Waals surface area contributed by atoms with E-state index in [4.69, 9.17) is 18.9 Å². The van der Waals surface area contributed by atoms with Crippen LogP contribution < -0.4 is 4.74 Å². The van der Waals surface area contributed by atoms with Gasteiger partial charge in [-0.1, -0.05) is 61.7 Å². The summed E-state index contributed by atoms with van der Waals surface area (Å²) in [7, 11) is 0. The number of hydrogen-bond donors (Lipinski definition) is 2. The van der Waals surface area contributed by atoms with Gasteiger partial charge in [-0.25, -0.2) is 9.59 Å². The lowest BCUT2D eigenvalue weighted by Gasteiger charge is -2.17. The SMILES string of the molecule is C=COCC(O)COC(=O)c1ccccc1-c1c2ccccc2cc2cc(OCC(O)COC(=O)C=C)ccc12. The number of rotatable bonds is 13. The van der Waals surface area contributed by atoms with Crippen LogP contribution in [0.15, 0.2) is 98.3 Å². The van der Waals surface area contributed by atoms with Gasteiger partial charge in [0.25, 0.3) is 0 Å². The van der Waals surface area contributed by atoms with Crippen LogP contribution in [0.2, 0.25) is 0 Å². The van der Waals surface area contributed by atoms with Crippen LogP contribution in [-0.2, 0) is 19.0 Å². The lowest BCUT2D eigenvalue weighted by atomic mass is 9.89. The van der Waals surface area contributed by atoms with Crippen LogP contribution >= 0.6 is 0 Å². The molecule has 4 aromatic rings. The Morgan fingerprint density at radius 2 is 1.48 bits per heavy atom. The summed E-state index contributed by atoms with van der Waals surface area (Å²) in [6.07, 6.45) is 0.246. The third kappa shape index (κ3) is 6.85. The number of carbonyl (C=O) groups excluding carboxylic acids is 2. The minimum Gasteiger partial charge on any atom is -0.499 e. The molecule has 40 heavy (non-hydrogen) atoms. The first-order chi connectivity index (χ1) is 19.4. The number of benzene rings is 4. The van der Waals surface area contributed by atoms with Gasteiger partial charge in [-0.05, 0) is 56.9 Å². The van der Waals surface area contributed by atoms with Gasteiger partial charge in [0.15, 0.2) is 0 Å². The third-order valence-corrected chi connectivity index (χ3v) is 6.09. The van der Waals surface area contributed by atoms with Crippen LogP contribution in [0, 0.1) is 0 Å². The fourth-order valence-electron chi connectivity index (χ4n) is 4.26. The lowest BCUT2D eigenvalue weighted by molar-refractivity contribution is -0.141. The molecule has 0 bridgehead atoms. The molecule has 2 N–H and O–H groups in total.